The van der Waals surface area contributed by atoms with E-state index in [9.17, 15) is 9.90 Å². The second kappa shape index (κ2) is 8.53. The third-order valence-electron chi connectivity index (χ3n) is 4.66. The lowest BCUT2D eigenvalue weighted by atomic mass is 10.1. The number of nitrogens with zero attached hydrogens (tertiary/aromatic N) is 3. The number of carbonyl (C=O) groups excluding carboxylic acids is 1. The van der Waals surface area contributed by atoms with Gasteiger partial charge in [0, 0.05) is 44.4 Å². The maximum atomic E-state index is 12.8. The summed E-state index contributed by atoms with van der Waals surface area (Å²) in [5.41, 5.74) is 1.10. The fraction of sp³-hybridized carbons (Fsp3) is 0.526. The van der Waals surface area contributed by atoms with Crippen LogP contribution < -0.4 is 0 Å². The largest absolute Gasteiger partial charge is 0.472 e. The van der Waals surface area contributed by atoms with Crippen molar-refractivity contribution in [3.8, 4) is 0 Å². The first kappa shape index (κ1) is 18.7. The van der Waals surface area contributed by atoms with Crippen molar-refractivity contribution in [2.45, 2.75) is 25.6 Å². The van der Waals surface area contributed by atoms with Crippen molar-refractivity contribution in [3.05, 3.63) is 47.8 Å². The maximum Gasteiger partial charge on any atom is 0.289 e. The molecule has 7 nitrogen and oxygen atoms in total. The second-order valence-corrected chi connectivity index (χ2v) is 7.02. The summed E-state index contributed by atoms with van der Waals surface area (Å²) >= 11 is 0. The molecule has 1 aliphatic heterocycles. The predicted molar refractivity (Wildman–Crippen MR) is 96.6 cm³/mol. The lowest BCUT2D eigenvalue weighted by Crippen LogP contribution is -2.54. The van der Waals surface area contributed by atoms with Crippen LogP contribution >= 0.6 is 0 Å². The van der Waals surface area contributed by atoms with Crippen LogP contribution in [0.15, 0.2) is 39.6 Å². The Balaban J connectivity index is 1.64. The Morgan fingerprint density at radius 2 is 2.15 bits per heavy atom. The summed E-state index contributed by atoms with van der Waals surface area (Å²) in [6.07, 6.45) is 4.03. The molecule has 2 aromatic heterocycles. The van der Waals surface area contributed by atoms with E-state index in [-0.39, 0.29) is 18.6 Å². The lowest BCUT2D eigenvalue weighted by molar-refractivity contribution is 0.0370. The Morgan fingerprint density at radius 1 is 1.31 bits per heavy atom. The van der Waals surface area contributed by atoms with Crippen molar-refractivity contribution < 1.29 is 18.7 Å². The molecule has 3 rings (SSSR count). The molecule has 1 fully saturated rings. The molecule has 0 saturated carbocycles. The Labute approximate surface area is 153 Å². The number of furan rings is 2. The first-order chi connectivity index (χ1) is 12.6. The topological polar surface area (TPSA) is 73.3 Å². The molecule has 0 radical (unpaired) electrons. The zero-order valence-electron chi connectivity index (χ0n) is 15.4. The average Bonchev–Trinajstić information content (AvgIpc) is 3.27. The van der Waals surface area contributed by atoms with E-state index in [2.05, 4.69) is 4.90 Å². The predicted octanol–water partition coefficient (Wildman–Crippen LogP) is 1.64. The van der Waals surface area contributed by atoms with E-state index in [1.807, 2.05) is 36.0 Å². The van der Waals surface area contributed by atoms with Crippen molar-refractivity contribution in [3.63, 3.8) is 0 Å². The van der Waals surface area contributed by atoms with Crippen LogP contribution in [-0.2, 0) is 13.1 Å². The molecule has 7 heteroatoms. The summed E-state index contributed by atoms with van der Waals surface area (Å²) in [4.78, 5) is 18.9. The summed E-state index contributed by atoms with van der Waals surface area (Å²) in [5, 5.41) is 9.42. The van der Waals surface area contributed by atoms with Gasteiger partial charge < -0.3 is 23.7 Å². The standard InChI is InChI=1S/C19H27N3O4/c1-20(2)13-17-3-4-18(26-17)19(24)22-8-7-21(16(12-22)5-9-23)11-15-6-10-25-14-15/h3-4,6,10,14,16,23H,5,7-9,11-13H2,1-2H3. The normalized spacial score (nSPS) is 18.6. The quantitative estimate of drug-likeness (QED) is 0.808. The molecular formula is C19H27N3O4. The highest BCUT2D eigenvalue weighted by molar-refractivity contribution is 5.91. The van der Waals surface area contributed by atoms with Crippen molar-refractivity contribution >= 4 is 5.91 Å². The lowest BCUT2D eigenvalue weighted by Gasteiger charge is -2.41. The second-order valence-electron chi connectivity index (χ2n) is 7.02. The highest BCUT2D eigenvalue weighted by Gasteiger charge is 2.31. The van der Waals surface area contributed by atoms with E-state index < -0.39 is 0 Å². The fourth-order valence-electron chi connectivity index (χ4n) is 3.37. The minimum Gasteiger partial charge on any atom is -0.472 e. The van der Waals surface area contributed by atoms with E-state index in [1.54, 1.807) is 18.6 Å². The maximum absolute atomic E-state index is 12.8. The van der Waals surface area contributed by atoms with Crippen molar-refractivity contribution in [1.29, 1.82) is 0 Å². The van der Waals surface area contributed by atoms with E-state index in [0.717, 1.165) is 24.4 Å². The van der Waals surface area contributed by atoms with Crippen molar-refractivity contribution in [1.82, 2.24) is 14.7 Å². The molecule has 0 aromatic carbocycles. The molecule has 3 heterocycles. The van der Waals surface area contributed by atoms with Crippen LogP contribution in [0, 0.1) is 0 Å². The SMILES string of the molecule is CN(C)Cc1ccc(C(=O)N2CCN(Cc3ccoc3)C(CCO)C2)o1. The fourth-order valence-corrected chi connectivity index (χ4v) is 3.37. The number of amides is 1. The van der Waals surface area contributed by atoms with Gasteiger partial charge in [0.15, 0.2) is 5.76 Å². The van der Waals surface area contributed by atoms with Gasteiger partial charge in [0.05, 0.1) is 19.1 Å². The van der Waals surface area contributed by atoms with Gasteiger partial charge in [-0.25, -0.2) is 0 Å². The summed E-state index contributed by atoms with van der Waals surface area (Å²) in [6, 6.07) is 5.67. The third kappa shape index (κ3) is 4.55. The van der Waals surface area contributed by atoms with Crippen LogP contribution in [0.5, 0.6) is 0 Å². The average molecular weight is 361 g/mol. The molecule has 0 bridgehead atoms. The molecule has 0 spiro atoms. The summed E-state index contributed by atoms with van der Waals surface area (Å²) in [5.74, 6) is 1.08. The number of aliphatic hydroxyl groups excluding tert-OH is 1. The Kier molecular flexibility index (Phi) is 6.13. The van der Waals surface area contributed by atoms with Crippen LogP contribution in [-0.4, -0.2) is 72.1 Å². The Bertz CT molecular complexity index is 695. The smallest absolute Gasteiger partial charge is 0.289 e. The number of aliphatic hydroxyl groups is 1. The minimum absolute atomic E-state index is 0.0825. The molecule has 1 atom stereocenters. The summed E-state index contributed by atoms with van der Waals surface area (Å²) < 4.78 is 10.9. The van der Waals surface area contributed by atoms with Crippen LogP contribution in [0.2, 0.25) is 0 Å². The zero-order valence-corrected chi connectivity index (χ0v) is 15.4. The first-order valence-corrected chi connectivity index (χ1v) is 8.95. The van der Waals surface area contributed by atoms with Gasteiger partial charge in [-0.15, -0.1) is 0 Å². The van der Waals surface area contributed by atoms with Crippen LogP contribution in [0.1, 0.15) is 28.3 Å². The number of hydrogen-bond acceptors (Lipinski definition) is 6. The number of rotatable bonds is 7. The van der Waals surface area contributed by atoms with Crippen LogP contribution in [0.4, 0.5) is 0 Å². The van der Waals surface area contributed by atoms with Crippen LogP contribution in [0.25, 0.3) is 0 Å². The summed E-state index contributed by atoms with van der Waals surface area (Å²) in [6.45, 7) is 3.51. The number of piperazine rings is 1. The molecule has 142 valence electrons. The highest BCUT2D eigenvalue weighted by Crippen LogP contribution is 2.20. The minimum atomic E-state index is -0.0825. The van der Waals surface area contributed by atoms with Gasteiger partial charge >= 0.3 is 0 Å². The molecule has 1 saturated heterocycles. The van der Waals surface area contributed by atoms with E-state index in [1.165, 1.54) is 0 Å². The van der Waals surface area contributed by atoms with E-state index in [0.29, 0.717) is 31.8 Å². The third-order valence-corrected chi connectivity index (χ3v) is 4.66. The molecule has 1 aliphatic rings. The summed E-state index contributed by atoms with van der Waals surface area (Å²) in [7, 11) is 3.92. The van der Waals surface area contributed by atoms with Crippen molar-refractivity contribution in [2.24, 2.45) is 0 Å². The van der Waals surface area contributed by atoms with Crippen LogP contribution in [0.3, 0.4) is 0 Å². The highest BCUT2D eigenvalue weighted by atomic mass is 16.4. The van der Waals surface area contributed by atoms with Gasteiger partial charge in [0.1, 0.15) is 5.76 Å². The number of hydrogen-bond donors (Lipinski definition) is 1. The Morgan fingerprint density at radius 3 is 2.85 bits per heavy atom. The number of carbonyl (C=O) groups is 1. The van der Waals surface area contributed by atoms with E-state index in [4.69, 9.17) is 8.83 Å². The molecule has 26 heavy (non-hydrogen) atoms. The first-order valence-electron chi connectivity index (χ1n) is 8.95. The molecule has 1 unspecified atom stereocenters. The monoisotopic (exact) mass is 361 g/mol. The molecular weight excluding hydrogens is 334 g/mol. The Hall–Kier alpha value is -2.09. The molecule has 1 N–H and O–H groups in total. The van der Waals surface area contributed by atoms with Gasteiger partial charge in [-0.2, -0.15) is 0 Å². The van der Waals surface area contributed by atoms with Gasteiger partial charge in [-0.3, -0.25) is 9.69 Å². The molecule has 0 aliphatic carbocycles. The van der Waals surface area contributed by atoms with E-state index >= 15 is 0 Å². The van der Waals surface area contributed by atoms with Gasteiger partial charge in [-0.05, 0) is 38.7 Å². The zero-order chi connectivity index (χ0) is 18.5. The van der Waals surface area contributed by atoms with Gasteiger partial charge in [0.2, 0.25) is 0 Å². The van der Waals surface area contributed by atoms with Gasteiger partial charge in [-0.1, -0.05) is 0 Å². The molecule has 2 aromatic rings. The van der Waals surface area contributed by atoms with Gasteiger partial charge in [0.25, 0.3) is 5.91 Å². The van der Waals surface area contributed by atoms with Crippen molar-refractivity contribution in [2.75, 3.05) is 40.3 Å². The molecule has 1 amide bonds.